The van der Waals surface area contributed by atoms with Crippen molar-refractivity contribution in [3.8, 4) is 34.1 Å². The quantitative estimate of drug-likeness (QED) is 0.163. The minimum Gasteiger partial charge on any atom is -0.454 e. The second-order valence-electron chi connectivity index (χ2n) is 12.9. The molecule has 0 aliphatic carbocycles. The van der Waals surface area contributed by atoms with E-state index in [1.807, 2.05) is 149 Å². The highest BCUT2D eigenvalue weighted by molar-refractivity contribution is 7.86. The maximum Gasteiger partial charge on any atom is 0.231 e. The van der Waals surface area contributed by atoms with Crippen molar-refractivity contribution in [1.29, 1.82) is 0 Å². The predicted octanol–water partition coefficient (Wildman–Crippen LogP) is 7.32. The standard InChI is InChI=1S/C42H36O6P2/c1-27-5-13-31(14-6-27)49(43,32-15-7-28(2)8-16-32)37-23-21-35-41(47-25-45-35)39(37)40-38(24-22-36-42(40)48-26-46-36)50(44,33-17-9-29(3)10-18-33)34-19-11-30(4)12-20-34/h5-24H,25-26H2,1-4H3. The first-order chi connectivity index (χ1) is 24.2. The fourth-order valence-corrected chi connectivity index (χ4v) is 12.4. The number of rotatable bonds is 7. The minimum atomic E-state index is -3.63. The van der Waals surface area contributed by atoms with Crippen LogP contribution in [-0.2, 0) is 9.13 Å². The van der Waals surface area contributed by atoms with E-state index in [2.05, 4.69) is 0 Å². The van der Waals surface area contributed by atoms with E-state index in [1.165, 1.54) is 0 Å². The van der Waals surface area contributed by atoms with Crippen molar-refractivity contribution in [2.45, 2.75) is 27.7 Å². The van der Waals surface area contributed by atoms with Gasteiger partial charge in [-0.25, -0.2) is 0 Å². The average Bonchev–Trinajstić information content (AvgIpc) is 3.82. The lowest BCUT2D eigenvalue weighted by molar-refractivity contribution is 0.173. The molecule has 0 spiro atoms. The van der Waals surface area contributed by atoms with Crippen molar-refractivity contribution >= 4 is 46.1 Å². The maximum absolute atomic E-state index is 16.3. The molecule has 50 heavy (non-hydrogen) atoms. The third-order valence-corrected chi connectivity index (χ3v) is 15.8. The largest absolute Gasteiger partial charge is 0.454 e. The lowest BCUT2D eigenvalue weighted by atomic mass is 10.0. The Hall–Kier alpha value is -5.02. The molecule has 8 rings (SSSR count). The monoisotopic (exact) mass is 698 g/mol. The third-order valence-electron chi connectivity index (χ3n) is 9.55. The van der Waals surface area contributed by atoms with Crippen molar-refractivity contribution < 1.29 is 28.1 Å². The van der Waals surface area contributed by atoms with Crippen LogP contribution in [0.1, 0.15) is 22.3 Å². The van der Waals surface area contributed by atoms with Crippen LogP contribution in [0.5, 0.6) is 23.0 Å². The van der Waals surface area contributed by atoms with Crippen molar-refractivity contribution in [3.05, 3.63) is 144 Å². The van der Waals surface area contributed by atoms with Crippen LogP contribution in [0.3, 0.4) is 0 Å². The molecule has 0 aromatic heterocycles. The molecule has 6 nitrogen and oxygen atoms in total. The van der Waals surface area contributed by atoms with Crippen LogP contribution < -0.4 is 50.8 Å². The van der Waals surface area contributed by atoms with Gasteiger partial charge in [-0.1, -0.05) is 119 Å². The Bertz CT molecular complexity index is 2080. The zero-order valence-corrected chi connectivity index (χ0v) is 30.1. The van der Waals surface area contributed by atoms with E-state index in [0.717, 1.165) is 22.3 Å². The topological polar surface area (TPSA) is 71.1 Å². The summed E-state index contributed by atoms with van der Waals surface area (Å²) in [6, 6.07) is 38.7. The molecule has 6 aromatic rings. The predicted molar refractivity (Wildman–Crippen MR) is 202 cm³/mol. The summed E-state index contributed by atoms with van der Waals surface area (Å²) in [5, 5.41) is 3.72. The number of hydrogen-bond donors (Lipinski definition) is 0. The van der Waals surface area contributed by atoms with Crippen LogP contribution in [0, 0.1) is 27.7 Å². The molecule has 0 saturated heterocycles. The van der Waals surface area contributed by atoms with Gasteiger partial charge in [-0.3, -0.25) is 0 Å². The smallest absolute Gasteiger partial charge is 0.231 e. The van der Waals surface area contributed by atoms with E-state index < -0.39 is 14.3 Å². The second kappa shape index (κ2) is 12.4. The van der Waals surface area contributed by atoms with Gasteiger partial charge >= 0.3 is 0 Å². The second-order valence-corrected chi connectivity index (χ2v) is 18.4. The van der Waals surface area contributed by atoms with Gasteiger partial charge in [0.05, 0.1) is 0 Å². The molecule has 0 bridgehead atoms. The van der Waals surface area contributed by atoms with Crippen LogP contribution in [0.15, 0.2) is 121 Å². The Balaban J connectivity index is 1.52. The van der Waals surface area contributed by atoms with Crippen LogP contribution >= 0.6 is 14.3 Å². The first-order valence-corrected chi connectivity index (χ1v) is 19.9. The highest BCUT2D eigenvalue weighted by Crippen LogP contribution is 2.57. The molecule has 0 amide bonds. The molecule has 0 N–H and O–H groups in total. The van der Waals surface area contributed by atoms with Crippen LogP contribution in [-0.4, -0.2) is 13.6 Å². The summed E-state index contributed by atoms with van der Waals surface area (Å²) in [5.41, 5.74) is 5.26. The Kier molecular flexibility index (Phi) is 7.98. The number of aryl methyl sites for hydroxylation is 4. The van der Waals surface area contributed by atoms with Crippen LogP contribution in [0.4, 0.5) is 0 Å². The summed E-state index contributed by atoms with van der Waals surface area (Å²) in [5.74, 6) is 1.86. The zero-order chi connectivity index (χ0) is 34.6. The minimum absolute atomic E-state index is 0.0134. The number of ether oxygens (including phenoxy) is 4. The van der Waals surface area contributed by atoms with Gasteiger partial charge in [0.15, 0.2) is 37.3 Å². The van der Waals surface area contributed by atoms with Gasteiger partial charge in [-0.15, -0.1) is 0 Å². The lowest BCUT2D eigenvalue weighted by Gasteiger charge is -2.28. The summed E-state index contributed by atoms with van der Waals surface area (Å²) in [6.45, 7) is 8.02. The first kappa shape index (κ1) is 32.2. The van der Waals surface area contributed by atoms with Gasteiger partial charge in [-0.2, -0.15) is 0 Å². The summed E-state index contributed by atoms with van der Waals surface area (Å²) < 4.78 is 57.0. The van der Waals surface area contributed by atoms with Crippen LogP contribution in [0.2, 0.25) is 0 Å². The third kappa shape index (κ3) is 5.18. The maximum atomic E-state index is 16.3. The molecule has 8 heteroatoms. The molecule has 2 aliphatic heterocycles. The van der Waals surface area contributed by atoms with Gasteiger partial charge in [0.2, 0.25) is 13.6 Å². The van der Waals surface area contributed by atoms with Crippen molar-refractivity contribution in [2.24, 2.45) is 0 Å². The van der Waals surface area contributed by atoms with Crippen molar-refractivity contribution in [1.82, 2.24) is 0 Å². The summed E-state index contributed by atoms with van der Waals surface area (Å²) in [7, 11) is -7.25. The van der Waals surface area contributed by atoms with E-state index >= 15 is 9.13 Å². The normalized spacial score (nSPS) is 13.4. The van der Waals surface area contributed by atoms with Crippen molar-refractivity contribution in [2.75, 3.05) is 13.6 Å². The highest BCUT2D eigenvalue weighted by Gasteiger charge is 2.42. The molecule has 0 fully saturated rings. The van der Waals surface area contributed by atoms with Crippen LogP contribution in [0.25, 0.3) is 11.1 Å². The van der Waals surface area contributed by atoms with E-state index in [1.54, 1.807) is 0 Å². The molecule has 2 aliphatic rings. The van der Waals surface area contributed by atoms with E-state index in [4.69, 9.17) is 18.9 Å². The molecule has 250 valence electrons. The number of fused-ring (bicyclic) bond motifs is 2. The molecule has 6 aromatic carbocycles. The molecule has 0 unspecified atom stereocenters. The average molecular weight is 699 g/mol. The van der Waals surface area contributed by atoms with E-state index in [0.29, 0.717) is 66.0 Å². The summed E-state index contributed by atoms with van der Waals surface area (Å²) >= 11 is 0. The molecule has 0 saturated carbocycles. The SMILES string of the molecule is Cc1ccc(P(=O)(c2ccc(C)cc2)c2ccc3c(c2-c2c(P(=O)(c4ccc(C)cc4)c4ccc(C)cc4)ccc4c2OCO4)OCO3)cc1. The van der Waals surface area contributed by atoms with E-state index in [-0.39, 0.29) is 13.6 Å². The molecule has 2 heterocycles. The molecular formula is C42H36O6P2. The Morgan fingerprint density at radius 1 is 0.380 bits per heavy atom. The Morgan fingerprint density at radius 2 is 0.660 bits per heavy atom. The number of hydrogen-bond acceptors (Lipinski definition) is 6. The zero-order valence-electron chi connectivity index (χ0n) is 28.3. The Morgan fingerprint density at radius 3 is 0.940 bits per heavy atom. The van der Waals surface area contributed by atoms with Gasteiger partial charge in [-0.05, 0) is 52.0 Å². The van der Waals surface area contributed by atoms with Gasteiger partial charge in [0.25, 0.3) is 0 Å². The fraction of sp³-hybridized carbons (Fsp3) is 0.143. The summed E-state index contributed by atoms with van der Waals surface area (Å²) in [4.78, 5) is 0. The lowest BCUT2D eigenvalue weighted by Crippen LogP contribution is -2.30. The number of benzene rings is 6. The van der Waals surface area contributed by atoms with Gasteiger partial charge in [0, 0.05) is 43.0 Å². The van der Waals surface area contributed by atoms with Gasteiger partial charge < -0.3 is 28.1 Å². The summed E-state index contributed by atoms with van der Waals surface area (Å²) in [6.07, 6.45) is 0. The highest BCUT2D eigenvalue weighted by atomic mass is 31.2. The molecular weight excluding hydrogens is 662 g/mol. The molecule has 0 atom stereocenters. The molecule has 0 radical (unpaired) electrons. The first-order valence-electron chi connectivity index (χ1n) is 16.5. The van der Waals surface area contributed by atoms with E-state index in [9.17, 15) is 0 Å². The Labute approximate surface area is 292 Å². The fourth-order valence-electron chi connectivity index (χ4n) is 6.81. The van der Waals surface area contributed by atoms with Crippen molar-refractivity contribution in [3.63, 3.8) is 0 Å². The van der Waals surface area contributed by atoms with Gasteiger partial charge in [0.1, 0.15) is 0 Å².